The summed E-state index contributed by atoms with van der Waals surface area (Å²) < 4.78 is 83.6. The SMILES string of the molecule is CC(C)(NC(=O)c1cn(-c2c(F)cc(F)cc2F)c2nc(N3CC[C@@H](O)C3=O)ccc2c1=O)C(F)(F)F. The molecule has 2 amide bonds. The fraction of sp³-hybridized carbons (Fsp3) is 0.304. The number of benzene rings is 1. The molecule has 0 radical (unpaired) electrons. The number of amides is 2. The van der Waals surface area contributed by atoms with Crippen molar-refractivity contribution in [2.24, 2.45) is 0 Å². The first-order valence-corrected chi connectivity index (χ1v) is 10.7. The Morgan fingerprint density at radius 2 is 1.73 bits per heavy atom. The largest absolute Gasteiger partial charge is 0.410 e. The highest BCUT2D eigenvalue weighted by Gasteiger charge is 2.48. The molecule has 14 heteroatoms. The minimum atomic E-state index is -4.91. The van der Waals surface area contributed by atoms with Crippen molar-refractivity contribution < 1.29 is 41.0 Å². The molecule has 3 heterocycles. The summed E-state index contributed by atoms with van der Waals surface area (Å²) in [4.78, 5) is 43.3. The molecule has 8 nitrogen and oxygen atoms in total. The highest BCUT2D eigenvalue weighted by Crippen LogP contribution is 2.30. The van der Waals surface area contributed by atoms with E-state index >= 15 is 0 Å². The monoisotopic (exact) mass is 528 g/mol. The molecule has 3 aromatic rings. The number of hydrogen-bond donors (Lipinski definition) is 2. The van der Waals surface area contributed by atoms with Crippen molar-refractivity contribution in [3.05, 3.63) is 63.7 Å². The summed E-state index contributed by atoms with van der Waals surface area (Å²) >= 11 is 0. The first kappa shape index (κ1) is 26.1. The summed E-state index contributed by atoms with van der Waals surface area (Å²) in [5, 5.41) is 11.0. The molecule has 0 spiro atoms. The van der Waals surface area contributed by atoms with Crippen molar-refractivity contribution in [2.45, 2.75) is 38.1 Å². The lowest BCUT2D eigenvalue weighted by Crippen LogP contribution is -2.54. The number of carbonyl (C=O) groups excluding carboxylic acids is 2. The Kier molecular flexibility index (Phi) is 6.26. The molecule has 1 aliphatic rings. The van der Waals surface area contributed by atoms with Crippen LogP contribution in [0, 0.1) is 17.5 Å². The van der Waals surface area contributed by atoms with Crippen molar-refractivity contribution in [3.8, 4) is 5.69 Å². The highest BCUT2D eigenvalue weighted by atomic mass is 19.4. The third kappa shape index (κ3) is 4.52. The summed E-state index contributed by atoms with van der Waals surface area (Å²) in [6.45, 7) is 1.34. The van der Waals surface area contributed by atoms with E-state index in [1.54, 1.807) is 5.32 Å². The third-order valence-corrected chi connectivity index (χ3v) is 5.89. The van der Waals surface area contributed by atoms with Crippen LogP contribution < -0.4 is 15.6 Å². The number of hydrogen-bond acceptors (Lipinski definition) is 5. The maximum atomic E-state index is 14.7. The van der Waals surface area contributed by atoms with Crippen LogP contribution in [0.1, 0.15) is 30.6 Å². The number of alkyl halides is 3. The van der Waals surface area contributed by atoms with E-state index in [2.05, 4.69) is 4.98 Å². The molecule has 0 bridgehead atoms. The molecule has 1 atom stereocenters. The van der Waals surface area contributed by atoms with Gasteiger partial charge in [-0.2, -0.15) is 13.2 Å². The second-order valence-electron chi connectivity index (χ2n) is 8.87. The summed E-state index contributed by atoms with van der Waals surface area (Å²) in [5.74, 6) is -6.54. The van der Waals surface area contributed by atoms with Crippen molar-refractivity contribution in [1.29, 1.82) is 0 Å². The van der Waals surface area contributed by atoms with Gasteiger partial charge in [-0.15, -0.1) is 0 Å². The first-order valence-electron chi connectivity index (χ1n) is 10.7. The van der Waals surface area contributed by atoms with Crippen molar-refractivity contribution >= 4 is 28.7 Å². The number of aliphatic hydroxyl groups is 1. The van der Waals surface area contributed by atoms with E-state index in [0.29, 0.717) is 36.7 Å². The zero-order chi connectivity index (χ0) is 27.4. The predicted octanol–water partition coefficient (Wildman–Crippen LogP) is 2.97. The molecule has 0 unspecified atom stereocenters. The molecule has 1 fully saturated rings. The second kappa shape index (κ2) is 8.87. The van der Waals surface area contributed by atoms with Gasteiger partial charge in [0.1, 0.15) is 34.5 Å². The normalized spacial score (nSPS) is 16.5. The number of pyridine rings is 2. The highest BCUT2D eigenvalue weighted by molar-refractivity contribution is 6.00. The Morgan fingerprint density at radius 3 is 2.27 bits per heavy atom. The lowest BCUT2D eigenvalue weighted by molar-refractivity contribution is -0.182. The zero-order valence-corrected chi connectivity index (χ0v) is 19.2. The minimum absolute atomic E-state index is 0.0367. The topological polar surface area (TPSA) is 105 Å². The van der Waals surface area contributed by atoms with Crippen LogP contribution in [-0.4, -0.2) is 50.8 Å². The lowest BCUT2D eigenvalue weighted by Gasteiger charge is -2.28. The molecule has 1 aliphatic heterocycles. The Hall–Kier alpha value is -3.94. The maximum absolute atomic E-state index is 14.7. The molecular weight excluding hydrogens is 510 g/mol. The van der Waals surface area contributed by atoms with Crippen molar-refractivity contribution in [1.82, 2.24) is 14.9 Å². The summed E-state index contributed by atoms with van der Waals surface area (Å²) in [7, 11) is 0. The molecule has 0 aliphatic carbocycles. The fourth-order valence-corrected chi connectivity index (χ4v) is 3.75. The number of carbonyl (C=O) groups is 2. The van der Waals surface area contributed by atoms with E-state index in [1.165, 1.54) is 6.07 Å². The number of nitrogens with zero attached hydrogens (tertiary/aromatic N) is 3. The van der Waals surface area contributed by atoms with Gasteiger partial charge in [-0.05, 0) is 26.0 Å². The number of halogens is 6. The number of aliphatic hydroxyl groups excluding tert-OH is 1. The number of aromatic nitrogens is 2. The van der Waals surface area contributed by atoms with Crippen molar-refractivity contribution in [3.63, 3.8) is 0 Å². The number of nitrogens with one attached hydrogen (secondary N) is 1. The predicted molar refractivity (Wildman–Crippen MR) is 118 cm³/mol. The van der Waals surface area contributed by atoms with E-state index in [9.17, 15) is 45.8 Å². The van der Waals surface area contributed by atoms with E-state index in [-0.39, 0.29) is 18.8 Å². The minimum Gasteiger partial charge on any atom is -0.383 e. The van der Waals surface area contributed by atoms with E-state index < -0.39 is 74.8 Å². The average Bonchev–Trinajstić information content (AvgIpc) is 3.11. The van der Waals surface area contributed by atoms with Gasteiger partial charge >= 0.3 is 6.18 Å². The van der Waals surface area contributed by atoms with E-state index in [4.69, 9.17) is 0 Å². The van der Waals surface area contributed by atoms with Gasteiger partial charge < -0.3 is 10.4 Å². The summed E-state index contributed by atoms with van der Waals surface area (Å²) in [6, 6.07) is 2.88. The third-order valence-electron chi connectivity index (χ3n) is 5.89. The van der Waals surface area contributed by atoms with Gasteiger partial charge in [0.2, 0.25) is 5.43 Å². The molecule has 1 aromatic carbocycles. The Labute approximate surface area is 204 Å². The second-order valence-corrected chi connectivity index (χ2v) is 8.87. The number of rotatable bonds is 4. The molecule has 37 heavy (non-hydrogen) atoms. The average molecular weight is 528 g/mol. The molecular formula is C23H18F6N4O4. The van der Waals surface area contributed by atoms with Gasteiger partial charge in [0.25, 0.3) is 11.8 Å². The fourth-order valence-electron chi connectivity index (χ4n) is 3.75. The molecule has 4 rings (SSSR count). The Balaban J connectivity index is 1.98. The van der Waals surface area contributed by atoms with Crippen LogP contribution in [0.2, 0.25) is 0 Å². The van der Waals surface area contributed by atoms with Gasteiger partial charge in [0.05, 0.1) is 5.39 Å². The van der Waals surface area contributed by atoms with Crippen LogP contribution in [0.5, 0.6) is 0 Å². The van der Waals surface area contributed by atoms with Crippen LogP contribution >= 0.6 is 0 Å². The molecule has 2 aromatic heterocycles. The van der Waals surface area contributed by atoms with Gasteiger partial charge in [0, 0.05) is 31.3 Å². The quantitative estimate of drug-likeness (QED) is 0.507. The summed E-state index contributed by atoms with van der Waals surface area (Å²) in [5.41, 5.74) is -6.26. The number of fused-ring (bicyclic) bond motifs is 1. The van der Waals surface area contributed by atoms with Crippen LogP contribution in [0.25, 0.3) is 16.7 Å². The molecule has 1 saturated heterocycles. The van der Waals surface area contributed by atoms with Crippen LogP contribution in [0.15, 0.2) is 35.3 Å². The standard InChI is InChI=1S/C23H18F6N4O4/c1-22(2,23(27,28)29)31-20(36)12-9-33(17-13(25)7-10(24)8-14(17)26)19-11(18(12)35)3-4-16(30-19)32-6-5-15(34)21(32)37/h3-4,7-9,15,34H,5-6H2,1-2H3,(H,31,36)/t15-/m1/s1. The van der Waals surface area contributed by atoms with Crippen molar-refractivity contribution in [2.75, 3.05) is 11.4 Å². The van der Waals surface area contributed by atoms with Gasteiger partial charge in [0.15, 0.2) is 17.3 Å². The molecule has 2 N–H and O–H groups in total. The maximum Gasteiger partial charge on any atom is 0.410 e. The van der Waals surface area contributed by atoms with Crippen LogP contribution in [0.4, 0.5) is 32.2 Å². The Morgan fingerprint density at radius 1 is 1.11 bits per heavy atom. The zero-order valence-electron chi connectivity index (χ0n) is 19.2. The summed E-state index contributed by atoms with van der Waals surface area (Å²) in [6.07, 6.45) is -5.56. The number of anilines is 1. The smallest absolute Gasteiger partial charge is 0.383 e. The van der Waals surface area contributed by atoms with Crippen LogP contribution in [-0.2, 0) is 4.79 Å². The van der Waals surface area contributed by atoms with Crippen LogP contribution in [0.3, 0.4) is 0 Å². The van der Waals surface area contributed by atoms with Gasteiger partial charge in [-0.1, -0.05) is 0 Å². The molecule has 196 valence electrons. The van der Waals surface area contributed by atoms with E-state index in [0.717, 1.165) is 11.0 Å². The molecule has 0 saturated carbocycles. The van der Waals surface area contributed by atoms with Gasteiger partial charge in [-0.3, -0.25) is 23.9 Å². The van der Waals surface area contributed by atoms with Gasteiger partial charge in [-0.25, -0.2) is 18.2 Å². The van der Waals surface area contributed by atoms with E-state index in [1.807, 2.05) is 0 Å². The lowest BCUT2D eigenvalue weighted by atomic mass is 10.0. The Bertz CT molecular complexity index is 1480. The first-order chi connectivity index (χ1) is 17.1.